The molecule has 0 fully saturated rings. The van der Waals surface area contributed by atoms with Crippen LogP contribution >= 0.6 is 27.3 Å². The number of hydrogen-bond acceptors (Lipinski definition) is 4. The zero-order valence-electron chi connectivity index (χ0n) is 11.2. The summed E-state index contributed by atoms with van der Waals surface area (Å²) in [6.45, 7) is 0. The second-order valence-corrected chi connectivity index (χ2v) is 6.42. The molecule has 0 bridgehead atoms. The molecule has 7 heteroatoms. The molecule has 1 aromatic heterocycles. The van der Waals surface area contributed by atoms with Gasteiger partial charge in [0.1, 0.15) is 5.75 Å². The molecule has 0 radical (unpaired) electrons. The van der Waals surface area contributed by atoms with E-state index in [-0.39, 0.29) is 18.2 Å². The van der Waals surface area contributed by atoms with Crippen molar-refractivity contribution >= 4 is 39.1 Å². The van der Waals surface area contributed by atoms with Crippen molar-refractivity contribution in [1.29, 1.82) is 0 Å². The Morgan fingerprint density at radius 2 is 2.05 bits per heavy atom. The van der Waals surface area contributed by atoms with Crippen LogP contribution in [0.3, 0.4) is 0 Å². The van der Waals surface area contributed by atoms with Gasteiger partial charge < -0.3 is 4.74 Å². The summed E-state index contributed by atoms with van der Waals surface area (Å²) >= 11 is 4.68. The fourth-order valence-electron chi connectivity index (χ4n) is 1.69. The fraction of sp³-hybridized carbons (Fsp3) is 0.143. The maximum Gasteiger partial charge on any atom is 0.270 e. The third-order valence-electron chi connectivity index (χ3n) is 2.69. The van der Waals surface area contributed by atoms with E-state index in [0.717, 1.165) is 9.35 Å². The van der Waals surface area contributed by atoms with Gasteiger partial charge in [-0.25, -0.2) is 0 Å². The van der Waals surface area contributed by atoms with Gasteiger partial charge >= 0.3 is 0 Å². The topological polar surface area (TPSA) is 67.4 Å². The summed E-state index contributed by atoms with van der Waals surface area (Å²) < 4.78 is 6.03. The van der Waals surface area contributed by atoms with Crippen LogP contribution in [0.2, 0.25) is 0 Å². The summed E-state index contributed by atoms with van der Waals surface area (Å²) in [6, 6.07) is 8.93. The molecular formula is C14H13BrN2O3S. The Labute approximate surface area is 134 Å². The molecule has 1 heterocycles. The van der Waals surface area contributed by atoms with Gasteiger partial charge in [-0.15, -0.1) is 11.3 Å². The first-order valence-corrected chi connectivity index (χ1v) is 7.72. The average Bonchev–Trinajstić information content (AvgIpc) is 2.92. The van der Waals surface area contributed by atoms with Crippen molar-refractivity contribution in [3.63, 3.8) is 0 Å². The van der Waals surface area contributed by atoms with Crippen LogP contribution < -0.4 is 15.6 Å². The van der Waals surface area contributed by atoms with Crippen molar-refractivity contribution in [2.45, 2.75) is 6.42 Å². The van der Waals surface area contributed by atoms with Crippen LogP contribution in [0.15, 0.2) is 39.5 Å². The van der Waals surface area contributed by atoms with Gasteiger partial charge in [-0.05, 0) is 28.1 Å². The average molecular weight is 369 g/mol. The van der Waals surface area contributed by atoms with E-state index in [4.69, 9.17) is 4.74 Å². The Morgan fingerprint density at radius 3 is 2.71 bits per heavy atom. The molecule has 0 saturated heterocycles. The molecule has 0 aliphatic heterocycles. The molecule has 1 aromatic carbocycles. The zero-order valence-corrected chi connectivity index (χ0v) is 13.6. The number of halogens is 1. The number of thiophene rings is 1. The summed E-state index contributed by atoms with van der Waals surface area (Å²) in [5.41, 5.74) is 6.01. The molecule has 0 atom stereocenters. The molecule has 2 N–H and O–H groups in total. The van der Waals surface area contributed by atoms with E-state index in [1.165, 1.54) is 11.3 Å². The lowest BCUT2D eigenvalue weighted by atomic mass is 10.1. The molecule has 21 heavy (non-hydrogen) atoms. The van der Waals surface area contributed by atoms with Crippen molar-refractivity contribution in [1.82, 2.24) is 10.9 Å². The smallest absolute Gasteiger partial charge is 0.270 e. The zero-order chi connectivity index (χ0) is 15.2. The van der Waals surface area contributed by atoms with E-state index in [9.17, 15) is 9.59 Å². The van der Waals surface area contributed by atoms with E-state index < -0.39 is 0 Å². The number of ether oxygens (including phenoxy) is 1. The Kier molecular flexibility index (Phi) is 5.35. The van der Waals surface area contributed by atoms with Gasteiger partial charge in [-0.1, -0.05) is 18.2 Å². The predicted octanol–water partition coefficient (Wildman–Crippen LogP) is 2.52. The lowest BCUT2D eigenvalue weighted by Gasteiger charge is -2.09. The maximum atomic E-state index is 11.8. The lowest BCUT2D eigenvalue weighted by Crippen LogP contribution is -2.42. The van der Waals surface area contributed by atoms with E-state index in [1.54, 1.807) is 30.7 Å². The first-order valence-electron chi connectivity index (χ1n) is 6.05. The molecule has 0 saturated carbocycles. The van der Waals surface area contributed by atoms with E-state index in [2.05, 4.69) is 26.8 Å². The number of para-hydroxylation sites is 1. The number of amides is 2. The number of benzene rings is 1. The molecule has 2 rings (SSSR count). The first-order chi connectivity index (χ1) is 10.1. The molecule has 5 nitrogen and oxygen atoms in total. The molecule has 110 valence electrons. The highest BCUT2D eigenvalue weighted by molar-refractivity contribution is 9.11. The predicted molar refractivity (Wildman–Crippen MR) is 84.3 cm³/mol. The minimum Gasteiger partial charge on any atom is -0.496 e. The Hall–Kier alpha value is -1.86. The minimum absolute atomic E-state index is 0.123. The van der Waals surface area contributed by atoms with Gasteiger partial charge in [-0.2, -0.15) is 0 Å². The molecule has 0 aliphatic rings. The summed E-state index contributed by atoms with van der Waals surface area (Å²) in [7, 11) is 1.55. The van der Waals surface area contributed by atoms with E-state index >= 15 is 0 Å². The number of carbonyl (C=O) groups excluding carboxylic acids is 2. The van der Waals surface area contributed by atoms with Crippen molar-refractivity contribution < 1.29 is 14.3 Å². The van der Waals surface area contributed by atoms with E-state index in [1.807, 2.05) is 12.1 Å². The normalized spacial score (nSPS) is 10.0. The Balaban J connectivity index is 1.89. The molecule has 2 aromatic rings. The van der Waals surface area contributed by atoms with Gasteiger partial charge in [-0.3, -0.25) is 20.4 Å². The van der Waals surface area contributed by atoms with Crippen LogP contribution in [0, 0.1) is 0 Å². The summed E-state index contributed by atoms with van der Waals surface area (Å²) in [4.78, 5) is 23.6. The highest BCUT2D eigenvalue weighted by atomic mass is 79.9. The minimum atomic E-state index is -0.356. The van der Waals surface area contributed by atoms with Crippen molar-refractivity contribution in [3.8, 4) is 5.75 Å². The Bertz CT molecular complexity index is 657. The maximum absolute atomic E-state index is 11.8. The number of nitrogens with one attached hydrogen (secondary N) is 2. The first kappa shape index (κ1) is 15.5. The quantitative estimate of drug-likeness (QED) is 0.814. The van der Waals surface area contributed by atoms with Crippen LogP contribution in [0.5, 0.6) is 5.75 Å². The second-order valence-electron chi connectivity index (χ2n) is 4.13. The van der Waals surface area contributed by atoms with Crippen LogP contribution in [0.25, 0.3) is 0 Å². The Morgan fingerprint density at radius 1 is 1.29 bits per heavy atom. The van der Waals surface area contributed by atoms with Crippen molar-refractivity contribution in [3.05, 3.63) is 50.6 Å². The highest BCUT2D eigenvalue weighted by Gasteiger charge is 2.11. The van der Waals surface area contributed by atoms with Gasteiger partial charge in [0.2, 0.25) is 5.91 Å². The lowest BCUT2D eigenvalue weighted by molar-refractivity contribution is -0.121. The number of rotatable bonds is 4. The standard InChI is InChI=1S/C14H13BrN2O3S/c1-20-11-5-3-2-4-9(11)7-13(18)16-17-14(19)10-6-12(15)21-8-10/h2-6,8H,7H2,1H3,(H,16,18)(H,17,19). The van der Waals surface area contributed by atoms with Crippen molar-refractivity contribution in [2.75, 3.05) is 7.11 Å². The third-order valence-corrected chi connectivity index (χ3v) is 4.19. The second kappa shape index (κ2) is 7.24. The number of hydrogen-bond donors (Lipinski definition) is 2. The van der Waals surface area contributed by atoms with E-state index in [0.29, 0.717) is 11.3 Å². The van der Waals surface area contributed by atoms with Crippen LogP contribution in [0.4, 0.5) is 0 Å². The van der Waals surface area contributed by atoms with Crippen LogP contribution in [-0.4, -0.2) is 18.9 Å². The summed E-state index contributed by atoms with van der Waals surface area (Å²) in [5, 5.41) is 1.70. The van der Waals surface area contributed by atoms with Gasteiger partial charge in [0.25, 0.3) is 5.91 Å². The number of hydrazine groups is 1. The highest BCUT2D eigenvalue weighted by Crippen LogP contribution is 2.20. The molecule has 0 spiro atoms. The fourth-order valence-corrected chi connectivity index (χ4v) is 2.83. The van der Waals surface area contributed by atoms with Crippen molar-refractivity contribution in [2.24, 2.45) is 0 Å². The van der Waals surface area contributed by atoms with Crippen LogP contribution in [-0.2, 0) is 11.2 Å². The summed E-state index contributed by atoms with van der Waals surface area (Å²) in [5.74, 6) is -0.0341. The molecule has 0 unspecified atom stereocenters. The number of methoxy groups -OCH3 is 1. The SMILES string of the molecule is COc1ccccc1CC(=O)NNC(=O)c1csc(Br)c1. The molecule has 2 amide bonds. The third kappa shape index (κ3) is 4.30. The van der Waals surface area contributed by atoms with Gasteiger partial charge in [0.05, 0.1) is 22.9 Å². The number of carbonyl (C=O) groups is 2. The monoisotopic (exact) mass is 368 g/mol. The van der Waals surface area contributed by atoms with Gasteiger partial charge in [0.15, 0.2) is 0 Å². The molecular weight excluding hydrogens is 356 g/mol. The van der Waals surface area contributed by atoms with Gasteiger partial charge in [0, 0.05) is 10.9 Å². The summed E-state index contributed by atoms with van der Waals surface area (Å²) in [6.07, 6.45) is 0.123. The van der Waals surface area contributed by atoms with Crippen LogP contribution in [0.1, 0.15) is 15.9 Å². The largest absolute Gasteiger partial charge is 0.496 e. The molecule has 0 aliphatic carbocycles.